The summed E-state index contributed by atoms with van der Waals surface area (Å²) < 4.78 is 5.44. The molecule has 0 spiro atoms. The molecule has 0 atom stereocenters. The molecule has 0 aliphatic carbocycles. The molecule has 0 amide bonds. The summed E-state index contributed by atoms with van der Waals surface area (Å²) in [7, 11) is 0. The molecule has 1 fully saturated rings. The number of aromatic carboxylic acids is 1. The molecule has 5 rings (SSSR count). The van der Waals surface area contributed by atoms with Crippen LogP contribution in [0.4, 0.5) is 5.69 Å². The van der Waals surface area contributed by atoms with Crippen molar-refractivity contribution in [3.8, 4) is 5.88 Å². The number of morpholine rings is 1. The number of nitrogens with one attached hydrogen (secondary N) is 1. The number of rotatable bonds is 6. The van der Waals surface area contributed by atoms with E-state index < -0.39 is 5.97 Å². The second kappa shape index (κ2) is 9.19. The highest BCUT2D eigenvalue weighted by Crippen LogP contribution is 2.33. The van der Waals surface area contributed by atoms with Gasteiger partial charge in [0.05, 0.1) is 35.7 Å². The van der Waals surface area contributed by atoms with Crippen LogP contribution in [-0.4, -0.2) is 58.1 Å². The molecule has 7 nitrogen and oxygen atoms in total. The highest BCUT2D eigenvalue weighted by Gasteiger charge is 2.20. The van der Waals surface area contributed by atoms with E-state index in [4.69, 9.17) is 9.73 Å². The number of benzene rings is 2. The molecule has 3 N–H and O–H groups in total. The van der Waals surface area contributed by atoms with Gasteiger partial charge in [-0.1, -0.05) is 12.1 Å². The number of carboxylic acids is 1. The van der Waals surface area contributed by atoms with Crippen LogP contribution < -0.4 is 0 Å². The summed E-state index contributed by atoms with van der Waals surface area (Å²) in [6.07, 6.45) is 0. The number of ether oxygens (including phenoxy) is 1. The second-order valence-electron chi connectivity index (χ2n) is 7.94. The molecule has 2 aromatic carbocycles. The third-order valence-corrected chi connectivity index (χ3v) is 6.40. The van der Waals surface area contributed by atoms with E-state index in [0.717, 1.165) is 49.7 Å². The zero-order valence-electron chi connectivity index (χ0n) is 17.8. The third kappa shape index (κ3) is 4.54. The molecular weight excluding hydrogens is 438 g/mol. The second-order valence-corrected chi connectivity index (χ2v) is 8.73. The SMILES string of the molecule is O=C(O)c1ccc2[nH]c(O)c(C(=Nc3cccc(CN4CCOCC4)c3)c3ccsc3)c2c1. The number of fused-ring (bicyclic) bond motifs is 1. The van der Waals surface area contributed by atoms with Gasteiger partial charge in [-0.3, -0.25) is 4.90 Å². The predicted octanol–water partition coefficient (Wildman–Crippen LogP) is 4.63. The zero-order chi connectivity index (χ0) is 22.8. The predicted molar refractivity (Wildman–Crippen MR) is 129 cm³/mol. The Hall–Kier alpha value is -3.46. The molecule has 0 radical (unpaired) electrons. The van der Waals surface area contributed by atoms with Crippen molar-refractivity contribution in [2.24, 2.45) is 4.99 Å². The molecule has 3 heterocycles. The first-order chi connectivity index (χ1) is 16.1. The molecule has 1 aliphatic rings. The Balaban J connectivity index is 1.59. The molecule has 1 aliphatic heterocycles. The fourth-order valence-electron chi connectivity index (χ4n) is 4.09. The zero-order valence-corrected chi connectivity index (χ0v) is 18.6. The van der Waals surface area contributed by atoms with Gasteiger partial charge < -0.3 is 19.9 Å². The molecular formula is C25H23N3O4S. The van der Waals surface area contributed by atoms with Gasteiger partial charge in [-0.15, -0.1) is 0 Å². The van der Waals surface area contributed by atoms with Gasteiger partial charge >= 0.3 is 5.97 Å². The van der Waals surface area contributed by atoms with Crippen LogP contribution >= 0.6 is 11.3 Å². The maximum absolute atomic E-state index is 11.5. The minimum Gasteiger partial charge on any atom is -0.494 e. The van der Waals surface area contributed by atoms with Gasteiger partial charge in [-0.25, -0.2) is 9.79 Å². The van der Waals surface area contributed by atoms with Crippen molar-refractivity contribution in [1.82, 2.24) is 9.88 Å². The number of thiophene rings is 1. The number of carboxylic acid groups (broad SMARTS) is 1. The Kier molecular flexibility index (Phi) is 5.95. The van der Waals surface area contributed by atoms with E-state index in [1.807, 2.05) is 29.0 Å². The largest absolute Gasteiger partial charge is 0.494 e. The summed E-state index contributed by atoms with van der Waals surface area (Å²) in [6.45, 7) is 4.13. The fourth-order valence-corrected chi connectivity index (χ4v) is 4.73. The third-order valence-electron chi connectivity index (χ3n) is 5.72. The molecule has 8 heteroatoms. The molecule has 1 saturated heterocycles. The van der Waals surface area contributed by atoms with Crippen molar-refractivity contribution in [2.45, 2.75) is 6.54 Å². The van der Waals surface area contributed by atoms with Gasteiger partial charge in [0.25, 0.3) is 0 Å². The average molecular weight is 462 g/mol. The number of aliphatic imine (C=N–C) groups is 1. The topological polar surface area (TPSA) is 98.1 Å². The summed E-state index contributed by atoms with van der Waals surface area (Å²) in [5.74, 6) is -1.06. The normalized spacial score (nSPS) is 15.2. The molecule has 33 heavy (non-hydrogen) atoms. The molecule has 168 valence electrons. The van der Waals surface area contributed by atoms with E-state index in [9.17, 15) is 15.0 Å². The van der Waals surface area contributed by atoms with Gasteiger partial charge in [-0.2, -0.15) is 11.3 Å². The van der Waals surface area contributed by atoms with Crippen molar-refractivity contribution >= 4 is 39.6 Å². The van der Waals surface area contributed by atoms with E-state index in [-0.39, 0.29) is 11.4 Å². The monoisotopic (exact) mass is 461 g/mol. The number of aromatic amines is 1. The van der Waals surface area contributed by atoms with Crippen molar-refractivity contribution in [3.63, 3.8) is 0 Å². The quantitative estimate of drug-likeness (QED) is 0.364. The molecule has 0 saturated carbocycles. The fraction of sp³-hybridized carbons (Fsp3) is 0.200. The number of nitrogens with zero attached hydrogens (tertiary/aromatic N) is 2. The number of carbonyl (C=O) groups is 1. The summed E-state index contributed by atoms with van der Waals surface area (Å²) in [4.78, 5) is 21.8. The van der Waals surface area contributed by atoms with E-state index in [0.29, 0.717) is 22.2 Å². The minimum atomic E-state index is -1.02. The average Bonchev–Trinajstić information content (AvgIpc) is 3.46. The van der Waals surface area contributed by atoms with Crippen LogP contribution in [0.5, 0.6) is 5.88 Å². The Bertz CT molecular complexity index is 1320. The highest BCUT2D eigenvalue weighted by atomic mass is 32.1. The lowest BCUT2D eigenvalue weighted by atomic mass is 10.0. The molecule has 2 aromatic heterocycles. The molecule has 0 unspecified atom stereocenters. The first-order valence-electron chi connectivity index (χ1n) is 10.7. The number of hydrogen-bond donors (Lipinski definition) is 3. The lowest BCUT2D eigenvalue weighted by molar-refractivity contribution is 0.0342. The van der Waals surface area contributed by atoms with Crippen LogP contribution in [0.1, 0.15) is 27.0 Å². The van der Waals surface area contributed by atoms with Crippen LogP contribution in [0.25, 0.3) is 10.9 Å². The van der Waals surface area contributed by atoms with Gasteiger partial charge in [0.15, 0.2) is 5.88 Å². The number of hydrogen-bond acceptors (Lipinski definition) is 6. The van der Waals surface area contributed by atoms with E-state index in [1.54, 1.807) is 12.1 Å². The van der Waals surface area contributed by atoms with Crippen LogP contribution in [0.2, 0.25) is 0 Å². The van der Waals surface area contributed by atoms with Crippen LogP contribution in [0, 0.1) is 0 Å². The smallest absolute Gasteiger partial charge is 0.335 e. The first kappa shape index (κ1) is 21.4. The minimum absolute atomic E-state index is 0.0399. The number of H-pyrrole nitrogens is 1. The van der Waals surface area contributed by atoms with Gasteiger partial charge in [0.1, 0.15) is 0 Å². The maximum Gasteiger partial charge on any atom is 0.335 e. The Morgan fingerprint density at radius 1 is 1.12 bits per heavy atom. The molecule has 4 aromatic rings. The summed E-state index contributed by atoms with van der Waals surface area (Å²) in [5, 5.41) is 24.8. The van der Waals surface area contributed by atoms with Gasteiger partial charge in [0.2, 0.25) is 0 Å². The summed E-state index contributed by atoms with van der Waals surface area (Å²) in [6, 6.07) is 14.7. The van der Waals surface area contributed by atoms with E-state index in [1.165, 1.54) is 17.4 Å². The standard InChI is InChI=1S/C25H23N3O4S/c29-24-22(20-13-17(25(30)31)4-5-21(20)27-24)23(18-6-11-33-15-18)26-19-3-1-2-16(12-19)14-28-7-9-32-10-8-28/h1-6,11-13,15,27,29H,7-10,14H2,(H,30,31). The van der Waals surface area contributed by atoms with Crippen molar-refractivity contribution in [2.75, 3.05) is 26.3 Å². The van der Waals surface area contributed by atoms with Crippen molar-refractivity contribution in [3.05, 3.63) is 81.5 Å². The lowest BCUT2D eigenvalue weighted by Gasteiger charge is -2.26. The van der Waals surface area contributed by atoms with Crippen molar-refractivity contribution in [1.29, 1.82) is 0 Å². The number of aromatic hydroxyl groups is 1. The van der Waals surface area contributed by atoms with Crippen molar-refractivity contribution < 1.29 is 19.7 Å². The highest BCUT2D eigenvalue weighted by molar-refractivity contribution is 7.08. The van der Waals surface area contributed by atoms with E-state index in [2.05, 4.69) is 22.0 Å². The summed E-state index contributed by atoms with van der Waals surface area (Å²) >= 11 is 1.54. The van der Waals surface area contributed by atoms with Crippen LogP contribution in [-0.2, 0) is 11.3 Å². The Labute approximate surface area is 194 Å². The van der Waals surface area contributed by atoms with E-state index >= 15 is 0 Å². The van der Waals surface area contributed by atoms with Crippen LogP contribution in [0.15, 0.2) is 64.3 Å². The Morgan fingerprint density at radius 2 is 1.97 bits per heavy atom. The van der Waals surface area contributed by atoms with Crippen LogP contribution in [0.3, 0.4) is 0 Å². The maximum atomic E-state index is 11.5. The van der Waals surface area contributed by atoms with Gasteiger partial charge in [-0.05, 0) is 47.3 Å². The molecule has 0 bridgehead atoms. The summed E-state index contributed by atoms with van der Waals surface area (Å²) in [5.41, 5.74) is 4.66. The van der Waals surface area contributed by atoms with Gasteiger partial charge in [0, 0.05) is 41.5 Å². The first-order valence-corrected chi connectivity index (χ1v) is 11.6. The lowest BCUT2D eigenvalue weighted by Crippen LogP contribution is -2.35. The number of aromatic nitrogens is 1. The Morgan fingerprint density at radius 3 is 2.73 bits per heavy atom.